The molecule has 0 fully saturated rings. The fourth-order valence-corrected chi connectivity index (χ4v) is 4.63. The molecule has 1 heterocycles. The van der Waals surface area contributed by atoms with Crippen LogP contribution >= 0.6 is 11.6 Å². The van der Waals surface area contributed by atoms with Crippen LogP contribution in [0.1, 0.15) is 38.3 Å². The number of sulfone groups is 1. The maximum absolute atomic E-state index is 12.3. The number of rotatable bonds is 3. The van der Waals surface area contributed by atoms with Crippen LogP contribution in [0, 0.1) is 0 Å². The molecule has 0 saturated carbocycles. The van der Waals surface area contributed by atoms with Crippen LogP contribution in [-0.4, -0.2) is 20.2 Å². The summed E-state index contributed by atoms with van der Waals surface area (Å²) in [5.74, 6) is 0. The zero-order valence-corrected chi connectivity index (χ0v) is 12.2. The first kappa shape index (κ1) is 13.8. The zero-order valence-electron chi connectivity index (χ0n) is 10.6. The molecule has 1 aliphatic rings. The molecule has 0 bridgehead atoms. The Kier molecular flexibility index (Phi) is 3.99. The highest BCUT2D eigenvalue weighted by molar-refractivity contribution is 7.92. The first-order valence-corrected chi connectivity index (χ1v) is 8.16. The molecule has 0 amide bonds. The van der Waals surface area contributed by atoms with E-state index in [-0.39, 0.29) is 11.3 Å². The molecule has 1 aromatic rings. The van der Waals surface area contributed by atoms with Crippen molar-refractivity contribution in [2.45, 2.75) is 42.9 Å². The van der Waals surface area contributed by atoms with Gasteiger partial charge < -0.3 is 5.32 Å². The van der Waals surface area contributed by atoms with Crippen molar-refractivity contribution in [3.63, 3.8) is 0 Å². The van der Waals surface area contributed by atoms with Crippen molar-refractivity contribution in [3.05, 3.63) is 28.8 Å². The minimum absolute atomic E-state index is 0.0807. The van der Waals surface area contributed by atoms with Gasteiger partial charge in [-0.1, -0.05) is 30.7 Å². The Morgan fingerprint density at radius 1 is 1.44 bits per heavy atom. The van der Waals surface area contributed by atoms with E-state index in [1.54, 1.807) is 13.0 Å². The molecule has 18 heavy (non-hydrogen) atoms. The van der Waals surface area contributed by atoms with E-state index in [2.05, 4.69) is 12.2 Å². The normalized spacial score (nSPS) is 25.7. The van der Waals surface area contributed by atoms with E-state index in [0.717, 1.165) is 18.5 Å². The Bertz CT molecular complexity index is 542. The highest BCUT2D eigenvalue weighted by Crippen LogP contribution is 2.39. The van der Waals surface area contributed by atoms with Crippen LogP contribution in [0.25, 0.3) is 0 Å². The second-order valence-electron chi connectivity index (χ2n) is 4.76. The average molecular weight is 288 g/mol. The van der Waals surface area contributed by atoms with Gasteiger partial charge in [-0.05, 0) is 37.9 Å². The second-order valence-corrected chi connectivity index (χ2v) is 7.47. The number of hydrogen-bond acceptors (Lipinski definition) is 3. The van der Waals surface area contributed by atoms with Gasteiger partial charge >= 0.3 is 0 Å². The summed E-state index contributed by atoms with van der Waals surface area (Å²) >= 11 is 6.08. The van der Waals surface area contributed by atoms with Gasteiger partial charge in [0, 0.05) is 6.04 Å². The maximum Gasteiger partial charge on any atom is 0.182 e. The lowest BCUT2D eigenvalue weighted by Crippen LogP contribution is -2.35. The van der Waals surface area contributed by atoms with Crippen molar-refractivity contribution < 1.29 is 8.42 Å². The minimum atomic E-state index is -3.28. The topological polar surface area (TPSA) is 46.2 Å². The summed E-state index contributed by atoms with van der Waals surface area (Å²) in [6.07, 6.45) is 1.63. The van der Waals surface area contributed by atoms with Crippen LogP contribution < -0.4 is 5.32 Å². The van der Waals surface area contributed by atoms with Crippen molar-refractivity contribution >= 4 is 21.4 Å². The van der Waals surface area contributed by atoms with Gasteiger partial charge in [0.15, 0.2) is 9.84 Å². The van der Waals surface area contributed by atoms with Crippen molar-refractivity contribution in [2.24, 2.45) is 0 Å². The van der Waals surface area contributed by atoms with Crippen molar-refractivity contribution in [2.75, 3.05) is 6.54 Å². The molecule has 0 aromatic heterocycles. The largest absolute Gasteiger partial charge is 0.310 e. The smallest absolute Gasteiger partial charge is 0.182 e. The number of nitrogens with one attached hydrogen (secondary N) is 1. The molecular formula is C13H18ClNO2S. The maximum atomic E-state index is 12.3. The molecule has 100 valence electrons. The van der Waals surface area contributed by atoms with Crippen molar-refractivity contribution in [3.8, 4) is 0 Å². The standard InChI is InChI=1S/C13H18ClNO2S/c1-3-7-15-12-8-9(2)18(16,17)13-10(12)5-4-6-11(13)14/h4-6,9,12,15H,3,7-8H2,1-2H3. The van der Waals surface area contributed by atoms with E-state index >= 15 is 0 Å². The molecule has 5 heteroatoms. The average Bonchev–Trinajstić information content (AvgIpc) is 2.32. The van der Waals surface area contributed by atoms with Crippen LogP contribution in [0.4, 0.5) is 0 Å². The van der Waals surface area contributed by atoms with E-state index in [0.29, 0.717) is 16.3 Å². The fraction of sp³-hybridized carbons (Fsp3) is 0.538. The summed E-state index contributed by atoms with van der Waals surface area (Å²) in [5, 5.41) is 3.35. The monoisotopic (exact) mass is 287 g/mol. The molecule has 2 rings (SSSR count). The molecule has 0 spiro atoms. The van der Waals surface area contributed by atoms with Gasteiger partial charge in [-0.3, -0.25) is 0 Å². The van der Waals surface area contributed by atoms with E-state index in [1.807, 2.05) is 12.1 Å². The van der Waals surface area contributed by atoms with E-state index in [1.165, 1.54) is 0 Å². The van der Waals surface area contributed by atoms with Crippen molar-refractivity contribution in [1.82, 2.24) is 5.32 Å². The predicted octanol–water partition coefficient (Wildman–Crippen LogP) is 2.95. The summed E-state index contributed by atoms with van der Waals surface area (Å²) < 4.78 is 24.7. The van der Waals surface area contributed by atoms with Gasteiger partial charge in [-0.15, -0.1) is 0 Å². The van der Waals surface area contributed by atoms with Gasteiger partial charge in [0.05, 0.1) is 15.2 Å². The number of halogens is 1. The fourth-order valence-electron chi connectivity index (χ4n) is 2.40. The van der Waals surface area contributed by atoms with Gasteiger partial charge in [0.1, 0.15) is 0 Å². The molecule has 1 aromatic carbocycles. The molecule has 0 saturated heterocycles. The third kappa shape index (κ3) is 2.29. The van der Waals surface area contributed by atoms with E-state index < -0.39 is 9.84 Å². The van der Waals surface area contributed by atoms with Crippen LogP contribution in [-0.2, 0) is 9.84 Å². The Morgan fingerprint density at radius 2 is 2.17 bits per heavy atom. The first-order valence-electron chi connectivity index (χ1n) is 6.24. The third-order valence-electron chi connectivity index (χ3n) is 3.40. The lowest BCUT2D eigenvalue weighted by Gasteiger charge is -2.30. The Labute approximate surface area is 113 Å². The molecule has 0 radical (unpaired) electrons. The molecule has 2 unspecified atom stereocenters. The molecule has 1 N–H and O–H groups in total. The third-order valence-corrected chi connectivity index (χ3v) is 6.10. The number of benzene rings is 1. The van der Waals surface area contributed by atoms with Gasteiger partial charge in [-0.2, -0.15) is 0 Å². The molecule has 0 aliphatic carbocycles. The molecular weight excluding hydrogens is 270 g/mol. The Morgan fingerprint density at radius 3 is 2.83 bits per heavy atom. The summed E-state index contributed by atoms with van der Waals surface area (Å²) in [4.78, 5) is 0.319. The van der Waals surface area contributed by atoms with Crippen LogP contribution in [0.3, 0.4) is 0 Å². The summed E-state index contributed by atoms with van der Waals surface area (Å²) in [6.45, 7) is 4.72. The van der Waals surface area contributed by atoms with Crippen molar-refractivity contribution in [1.29, 1.82) is 0 Å². The van der Waals surface area contributed by atoms with Crippen LogP contribution in [0.5, 0.6) is 0 Å². The summed E-state index contributed by atoms with van der Waals surface area (Å²) in [7, 11) is -3.28. The molecule has 1 aliphatic heterocycles. The van der Waals surface area contributed by atoms with Crippen LogP contribution in [0.15, 0.2) is 23.1 Å². The quantitative estimate of drug-likeness (QED) is 0.930. The highest BCUT2D eigenvalue weighted by Gasteiger charge is 2.37. The molecule has 2 atom stereocenters. The van der Waals surface area contributed by atoms with E-state index in [9.17, 15) is 8.42 Å². The second kappa shape index (κ2) is 5.19. The predicted molar refractivity (Wildman–Crippen MR) is 73.8 cm³/mol. The van der Waals surface area contributed by atoms with Gasteiger partial charge in [-0.25, -0.2) is 8.42 Å². The SMILES string of the molecule is CCCNC1CC(C)S(=O)(=O)c2c(Cl)cccc21. The number of fused-ring (bicyclic) bond motifs is 1. The Hall–Kier alpha value is -0.580. The Balaban J connectivity index is 2.52. The summed E-state index contributed by atoms with van der Waals surface area (Å²) in [6, 6.07) is 5.40. The first-order chi connectivity index (χ1) is 8.48. The van der Waals surface area contributed by atoms with Gasteiger partial charge in [0.25, 0.3) is 0 Å². The van der Waals surface area contributed by atoms with Crippen LogP contribution in [0.2, 0.25) is 5.02 Å². The zero-order chi connectivity index (χ0) is 13.3. The molecule has 3 nitrogen and oxygen atoms in total. The summed E-state index contributed by atoms with van der Waals surface area (Å²) in [5.41, 5.74) is 0.814. The lowest BCUT2D eigenvalue weighted by molar-refractivity contribution is 0.463. The number of hydrogen-bond donors (Lipinski definition) is 1. The lowest BCUT2D eigenvalue weighted by atomic mass is 10.0. The highest BCUT2D eigenvalue weighted by atomic mass is 35.5. The minimum Gasteiger partial charge on any atom is -0.310 e. The van der Waals surface area contributed by atoms with Gasteiger partial charge in [0.2, 0.25) is 0 Å². The van der Waals surface area contributed by atoms with E-state index in [4.69, 9.17) is 11.6 Å².